The number of hydrogen-bond acceptors (Lipinski definition) is 3. The van der Waals surface area contributed by atoms with E-state index in [2.05, 4.69) is 21.9 Å². The van der Waals surface area contributed by atoms with Gasteiger partial charge in [-0.15, -0.1) is 0 Å². The van der Waals surface area contributed by atoms with Crippen molar-refractivity contribution >= 4 is 17.6 Å². The van der Waals surface area contributed by atoms with E-state index in [0.717, 1.165) is 44.2 Å². The zero-order chi connectivity index (χ0) is 15.2. The van der Waals surface area contributed by atoms with E-state index in [9.17, 15) is 9.90 Å². The summed E-state index contributed by atoms with van der Waals surface area (Å²) in [5.41, 5.74) is 1.25. The number of hydrogen-bond donors (Lipinski definition) is 1. The largest absolute Gasteiger partial charge is 0.480 e. The van der Waals surface area contributed by atoms with Crippen LogP contribution in [0.25, 0.3) is 0 Å². The minimum absolute atomic E-state index is 0.347. The maximum absolute atomic E-state index is 11.3. The fourth-order valence-electron chi connectivity index (χ4n) is 2.90. The zero-order valence-electron chi connectivity index (χ0n) is 12.5. The molecule has 21 heavy (non-hydrogen) atoms. The smallest absolute Gasteiger partial charge is 0.320 e. The fourth-order valence-corrected chi connectivity index (χ4v) is 3.02. The van der Waals surface area contributed by atoms with E-state index in [1.165, 1.54) is 5.56 Å². The molecule has 1 aromatic rings. The molecular weight excluding hydrogens is 288 g/mol. The van der Waals surface area contributed by atoms with Crippen LogP contribution in [0.15, 0.2) is 24.3 Å². The summed E-state index contributed by atoms with van der Waals surface area (Å²) in [6.45, 7) is 6.44. The van der Waals surface area contributed by atoms with Gasteiger partial charge in [0, 0.05) is 31.2 Å². The summed E-state index contributed by atoms with van der Waals surface area (Å²) in [5.74, 6) is -0.705. The van der Waals surface area contributed by atoms with Gasteiger partial charge < -0.3 is 5.11 Å². The molecule has 0 saturated carbocycles. The summed E-state index contributed by atoms with van der Waals surface area (Å²) in [7, 11) is 0. The second kappa shape index (κ2) is 7.78. The van der Waals surface area contributed by atoms with Crippen LogP contribution in [0.2, 0.25) is 5.02 Å². The summed E-state index contributed by atoms with van der Waals surface area (Å²) in [6.07, 6.45) is 1.67. The van der Waals surface area contributed by atoms with Gasteiger partial charge in [-0.1, -0.05) is 30.7 Å². The van der Waals surface area contributed by atoms with Gasteiger partial charge in [0.2, 0.25) is 0 Å². The van der Waals surface area contributed by atoms with Crippen molar-refractivity contribution < 1.29 is 9.90 Å². The summed E-state index contributed by atoms with van der Waals surface area (Å²) in [5, 5.41) is 10.0. The molecule has 1 aliphatic rings. The summed E-state index contributed by atoms with van der Waals surface area (Å²) in [6, 6.07) is 7.59. The van der Waals surface area contributed by atoms with Crippen molar-refractivity contribution in [3.8, 4) is 0 Å². The molecule has 0 amide bonds. The molecule has 5 heteroatoms. The summed E-state index contributed by atoms with van der Waals surface area (Å²) >= 11 is 5.90. The summed E-state index contributed by atoms with van der Waals surface area (Å²) < 4.78 is 0. The van der Waals surface area contributed by atoms with Crippen molar-refractivity contribution in [1.82, 2.24) is 9.80 Å². The topological polar surface area (TPSA) is 43.8 Å². The summed E-state index contributed by atoms with van der Waals surface area (Å²) in [4.78, 5) is 15.8. The Kier molecular flexibility index (Phi) is 6.03. The first kappa shape index (κ1) is 16.3. The molecule has 0 radical (unpaired) electrons. The van der Waals surface area contributed by atoms with Crippen molar-refractivity contribution in [2.45, 2.75) is 32.4 Å². The molecule has 116 valence electrons. The lowest BCUT2D eigenvalue weighted by Gasteiger charge is -2.26. The third-order valence-corrected chi connectivity index (χ3v) is 4.31. The average Bonchev–Trinajstić information content (AvgIpc) is 2.68. The van der Waals surface area contributed by atoms with E-state index in [1.54, 1.807) is 0 Å². The molecule has 1 aliphatic heterocycles. The fraction of sp³-hybridized carbons (Fsp3) is 0.562. The quantitative estimate of drug-likeness (QED) is 0.908. The second-order valence-electron chi connectivity index (χ2n) is 5.55. The molecule has 1 heterocycles. The molecule has 4 nitrogen and oxygen atoms in total. The number of halogens is 1. The van der Waals surface area contributed by atoms with E-state index in [4.69, 9.17) is 11.6 Å². The molecule has 1 atom stereocenters. The Bertz CT molecular complexity index is 464. The van der Waals surface area contributed by atoms with Gasteiger partial charge in [0.1, 0.15) is 6.04 Å². The molecule has 0 spiro atoms. The van der Waals surface area contributed by atoms with Crippen LogP contribution < -0.4 is 0 Å². The first-order chi connectivity index (χ1) is 10.1. The van der Waals surface area contributed by atoms with Gasteiger partial charge in [-0.3, -0.25) is 14.6 Å². The van der Waals surface area contributed by atoms with Gasteiger partial charge in [-0.05, 0) is 37.1 Å². The van der Waals surface area contributed by atoms with Gasteiger partial charge >= 0.3 is 5.97 Å². The van der Waals surface area contributed by atoms with Crippen LogP contribution >= 0.6 is 11.6 Å². The van der Waals surface area contributed by atoms with Crippen molar-refractivity contribution in [2.24, 2.45) is 0 Å². The Morgan fingerprint density at radius 3 is 2.57 bits per heavy atom. The third kappa shape index (κ3) is 4.70. The molecule has 1 aromatic carbocycles. The third-order valence-electron chi connectivity index (χ3n) is 4.06. The maximum atomic E-state index is 11.3. The predicted molar refractivity (Wildman–Crippen MR) is 84.6 cm³/mol. The Balaban J connectivity index is 1.91. The van der Waals surface area contributed by atoms with E-state index in [0.29, 0.717) is 6.42 Å². The molecule has 0 aromatic heterocycles. The highest BCUT2D eigenvalue weighted by molar-refractivity contribution is 6.30. The van der Waals surface area contributed by atoms with Crippen LogP contribution in [0, 0.1) is 0 Å². The monoisotopic (exact) mass is 310 g/mol. The number of carbonyl (C=O) groups is 1. The highest BCUT2D eigenvalue weighted by Gasteiger charge is 2.25. The van der Waals surface area contributed by atoms with E-state index in [-0.39, 0.29) is 6.04 Å². The first-order valence-corrected chi connectivity index (χ1v) is 7.91. The number of carboxylic acid groups (broad SMARTS) is 1. The van der Waals surface area contributed by atoms with Gasteiger partial charge in [-0.2, -0.15) is 0 Å². The SMILES string of the molecule is CCC(C(=O)O)N1CCCN(Cc2ccc(Cl)cc2)CC1. The van der Waals surface area contributed by atoms with Crippen LogP contribution in [0.1, 0.15) is 25.3 Å². The van der Waals surface area contributed by atoms with Gasteiger partial charge in [0.25, 0.3) is 0 Å². The first-order valence-electron chi connectivity index (χ1n) is 7.54. The maximum Gasteiger partial charge on any atom is 0.320 e. The van der Waals surface area contributed by atoms with Crippen molar-refractivity contribution in [3.05, 3.63) is 34.9 Å². The van der Waals surface area contributed by atoms with Crippen LogP contribution in [-0.4, -0.2) is 53.1 Å². The molecule has 0 aliphatic carbocycles. The van der Waals surface area contributed by atoms with E-state index < -0.39 is 5.97 Å². The Morgan fingerprint density at radius 2 is 1.95 bits per heavy atom. The number of nitrogens with zero attached hydrogens (tertiary/aromatic N) is 2. The second-order valence-corrected chi connectivity index (χ2v) is 5.99. The minimum Gasteiger partial charge on any atom is -0.480 e. The average molecular weight is 311 g/mol. The predicted octanol–water partition coefficient (Wildman–Crippen LogP) is 2.71. The highest BCUT2D eigenvalue weighted by atomic mass is 35.5. The van der Waals surface area contributed by atoms with E-state index >= 15 is 0 Å². The Morgan fingerprint density at radius 1 is 1.24 bits per heavy atom. The molecule has 0 bridgehead atoms. The van der Waals surface area contributed by atoms with Crippen molar-refractivity contribution in [2.75, 3.05) is 26.2 Å². The lowest BCUT2D eigenvalue weighted by molar-refractivity contribution is -0.143. The lowest BCUT2D eigenvalue weighted by atomic mass is 10.2. The number of rotatable bonds is 5. The highest BCUT2D eigenvalue weighted by Crippen LogP contribution is 2.14. The van der Waals surface area contributed by atoms with Gasteiger partial charge in [0.15, 0.2) is 0 Å². The van der Waals surface area contributed by atoms with Crippen molar-refractivity contribution in [1.29, 1.82) is 0 Å². The molecule has 1 fully saturated rings. The standard InChI is InChI=1S/C16H23ClN2O2/c1-2-15(16(20)21)19-9-3-8-18(10-11-19)12-13-4-6-14(17)7-5-13/h4-7,15H,2-3,8-12H2,1H3,(H,20,21). The van der Waals surface area contributed by atoms with Crippen LogP contribution in [0.3, 0.4) is 0 Å². The van der Waals surface area contributed by atoms with Crippen LogP contribution in [0.4, 0.5) is 0 Å². The number of aliphatic carboxylic acids is 1. The number of benzene rings is 1. The normalized spacial score (nSPS) is 19.1. The molecule has 1 unspecified atom stereocenters. The van der Waals surface area contributed by atoms with Crippen LogP contribution in [0.5, 0.6) is 0 Å². The zero-order valence-corrected chi connectivity index (χ0v) is 13.2. The molecule has 2 rings (SSSR count). The van der Waals surface area contributed by atoms with Gasteiger partial charge in [-0.25, -0.2) is 0 Å². The van der Waals surface area contributed by atoms with Gasteiger partial charge in [0.05, 0.1) is 0 Å². The lowest BCUT2D eigenvalue weighted by Crippen LogP contribution is -2.42. The minimum atomic E-state index is -0.705. The van der Waals surface area contributed by atoms with E-state index in [1.807, 2.05) is 19.1 Å². The molecular formula is C16H23ClN2O2. The Hall–Kier alpha value is -1.10. The molecule has 1 N–H and O–H groups in total. The Labute approximate surface area is 131 Å². The van der Waals surface area contributed by atoms with Crippen LogP contribution in [-0.2, 0) is 11.3 Å². The number of carboxylic acids is 1. The van der Waals surface area contributed by atoms with Crippen molar-refractivity contribution in [3.63, 3.8) is 0 Å². The molecule has 1 saturated heterocycles.